The Morgan fingerprint density at radius 1 is 1.22 bits per heavy atom. The van der Waals surface area contributed by atoms with Gasteiger partial charge in [-0.2, -0.15) is 0 Å². The van der Waals surface area contributed by atoms with Gasteiger partial charge >= 0.3 is 0 Å². The Kier molecular flexibility index (Phi) is 5.94. The number of carbonyl (C=O) groups is 2. The van der Waals surface area contributed by atoms with E-state index in [1.807, 2.05) is 4.90 Å². The number of nitrogens with one attached hydrogen (secondary N) is 1. The summed E-state index contributed by atoms with van der Waals surface area (Å²) in [4.78, 5) is 35.0. The van der Waals surface area contributed by atoms with Gasteiger partial charge in [-0.05, 0) is 58.0 Å². The van der Waals surface area contributed by atoms with Crippen LogP contribution in [0.25, 0.3) is 0 Å². The SMILES string of the molecule is CCN1CCC[C@@](C)(C(=O)N2CCC3(CC2)N=C(CCC(C)C)NC3=O)C1. The van der Waals surface area contributed by atoms with Crippen LogP contribution >= 0.6 is 0 Å². The number of aliphatic imine (C=N–C) groups is 1. The molecule has 1 atom stereocenters. The van der Waals surface area contributed by atoms with Gasteiger partial charge in [0.2, 0.25) is 5.91 Å². The normalized spacial score (nSPS) is 28.6. The van der Waals surface area contributed by atoms with E-state index in [2.05, 4.69) is 37.9 Å². The molecule has 3 aliphatic rings. The molecule has 6 nitrogen and oxygen atoms in total. The van der Waals surface area contributed by atoms with Gasteiger partial charge in [0, 0.05) is 26.1 Å². The Balaban J connectivity index is 1.61. The summed E-state index contributed by atoms with van der Waals surface area (Å²) in [7, 11) is 0. The summed E-state index contributed by atoms with van der Waals surface area (Å²) in [6.07, 6.45) is 5.19. The molecular weight excluding hydrogens is 340 g/mol. The molecule has 0 aromatic rings. The first-order chi connectivity index (χ1) is 12.8. The average molecular weight is 377 g/mol. The van der Waals surface area contributed by atoms with Crippen molar-refractivity contribution in [2.75, 3.05) is 32.7 Å². The van der Waals surface area contributed by atoms with Gasteiger partial charge in [0.25, 0.3) is 5.91 Å². The minimum atomic E-state index is -0.633. The third-order valence-electron chi connectivity index (χ3n) is 6.60. The van der Waals surface area contributed by atoms with Crippen molar-refractivity contribution in [3.05, 3.63) is 0 Å². The van der Waals surface area contributed by atoms with Crippen LogP contribution in [0.4, 0.5) is 0 Å². The summed E-state index contributed by atoms with van der Waals surface area (Å²) < 4.78 is 0. The zero-order valence-corrected chi connectivity index (χ0v) is 17.5. The van der Waals surface area contributed by atoms with Crippen molar-refractivity contribution < 1.29 is 9.59 Å². The fraction of sp³-hybridized carbons (Fsp3) is 0.857. The van der Waals surface area contributed by atoms with Crippen LogP contribution in [0.1, 0.15) is 66.2 Å². The number of rotatable bonds is 5. The molecular formula is C21H36N4O2. The van der Waals surface area contributed by atoms with Gasteiger partial charge in [-0.25, -0.2) is 0 Å². The van der Waals surface area contributed by atoms with E-state index in [9.17, 15) is 9.59 Å². The Hall–Kier alpha value is -1.43. The fourth-order valence-electron chi connectivity index (χ4n) is 4.72. The molecule has 27 heavy (non-hydrogen) atoms. The van der Waals surface area contributed by atoms with E-state index < -0.39 is 5.54 Å². The van der Waals surface area contributed by atoms with E-state index >= 15 is 0 Å². The lowest BCUT2D eigenvalue weighted by Crippen LogP contribution is -2.56. The van der Waals surface area contributed by atoms with Crippen LogP contribution in [-0.2, 0) is 9.59 Å². The lowest BCUT2D eigenvalue weighted by Gasteiger charge is -2.44. The zero-order chi connectivity index (χ0) is 19.7. The van der Waals surface area contributed by atoms with Crippen LogP contribution in [0.2, 0.25) is 0 Å². The van der Waals surface area contributed by atoms with Crippen molar-refractivity contribution in [1.29, 1.82) is 0 Å². The zero-order valence-electron chi connectivity index (χ0n) is 17.5. The Labute approximate surface area is 163 Å². The van der Waals surface area contributed by atoms with Crippen molar-refractivity contribution in [3.8, 4) is 0 Å². The highest BCUT2D eigenvalue weighted by Gasteiger charge is 2.48. The summed E-state index contributed by atoms with van der Waals surface area (Å²) in [6.45, 7) is 12.9. The van der Waals surface area contributed by atoms with Gasteiger partial charge < -0.3 is 15.1 Å². The third-order valence-corrected chi connectivity index (χ3v) is 6.60. The molecule has 0 aromatic heterocycles. The van der Waals surface area contributed by atoms with Crippen molar-refractivity contribution in [2.24, 2.45) is 16.3 Å². The number of amides is 2. The summed E-state index contributed by atoms with van der Waals surface area (Å²) in [5.41, 5.74) is -0.922. The monoisotopic (exact) mass is 376 g/mol. The first kappa shape index (κ1) is 20.3. The average Bonchev–Trinajstić information content (AvgIpc) is 2.95. The first-order valence-electron chi connectivity index (χ1n) is 10.7. The minimum absolute atomic E-state index is 0.0365. The molecule has 2 saturated heterocycles. The molecule has 152 valence electrons. The Morgan fingerprint density at radius 3 is 2.56 bits per heavy atom. The molecule has 0 bridgehead atoms. The third kappa shape index (κ3) is 4.20. The molecule has 0 unspecified atom stereocenters. The van der Waals surface area contributed by atoms with Crippen LogP contribution in [0.5, 0.6) is 0 Å². The predicted molar refractivity (Wildman–Crippen MR) is 108 cm³/mol. The summed E-state index contributed by atoms with van der Waals surface area (Å²) in [5.74, 6) is 1.73. The number of hydrogen-bond acceptors (Lipinski definition) is 4. The van der Waals surface area contributed by atoms with E-state index in [1.54, 1.807) is 0 Å². The molecule has 0 saturated carbocycles. The Morgan fingerprint density at radius 2 is 1.93 bits per heavy atom. The fourth-order valence-corrected chi connectivity index (χ4v) is 4.72. The lowest BCUT2D eigenvalue weighted by molar-refractivity contribution is -0.147. The largest absolute Gasteiger partial charge is 0.342 e. The van der Waals surface area contributed by atoms with Crippen LogP contribution < -0.4 is 5.32 Å². The van der Waals surface area contributed by atoms with Crippen LogP contribution in [-0.4, -0.2) is 65.7 Å². The van der Waals surface area contributed by atoms with Crippen molar-refractivity contribution in [1.82, 2.24) is 15.1 Å². The second-order valence-electron chi connectivity index (χ2n) is 9.30. The van der Waals surface area contributed by atoms with E-state index in [0.29, 0.717) is 31.8 Å². The molecule has 0 radical (unpaired) electrons. The molecule has 0 aliphatic carbocycles. The van der Waals surface area contributed by atoms with Crippen LogP contribution in [0, 0.1) is 11.3 Å². The van der Waals surface area contributed by atoms with Crippen molar-refractivity contribution in [2.45, 2.75) is 71.8 Å². The van der Waals surface area contributed by atoms with Gasteiger partial charge in [0.05, 0.1) is 5.41 Å². The van der Waals surface area contributed by atoms with Gasteiger partial charge in [-0.3, -0.25) is 14.6 Å². The maximum absolute atomic E-state index is 13.2. The summed E-state index contributed by atoms with van der Waals surface area (Å²) >= 11 is 0. The maximum Gasteiger partial charge on any atom is 0.253 e. The molecule has 6 heteroatoms. The van der Waals surface area contributed by atoms with E-state index in [4.69, 9.17) is 4.99 Å². The van der Waals surface area contributed by atoms with Crippen LogP contribution in [0.3, 0.4) is 0 Å². The quantitative estimate of drug-likeness (QED) is 0.801. The number of hydrogen-bond donors (Lipinski definition) is 1. The maximum atomic E-state index is 13.2. The summed E-state index contributed by atoms with van der Waals surface area (Å²) in [6, 6.07) is 0. The molecule has 0 aromatic carbocycles. The number of amidine groups is 1. The van der Waals surface area contributed by atoms with E-state index in [1.165, 1.54) is 0 Å². The minimum Gasteiger partial charge on any atom is -0.342 e. The predicted octanol–water partition coefficient (Wildman–Crippen LogP) is 2.43. The Bertz CT molecular complexity index is 607. The highest BCUT2D eigenvalue weighted by atomic mass is 16.2. The second-order valence-corrected chi connectivity index (χ2v) is 9.30. The van der Waals surface area contributed by atoms with Gasteiger partial charge in [-0.1, -0.05) is 20.8 Å². The standard InChI is InChI=1S/C21H36N4O2/c1-5-24-12-6-9-20(4,15-24)19(27)25-13-10-21(11-14-25)18(26)22-17(23-21)8-7-16(2)3/h16H,5-15H2,1-4H3,(H,22,23,26)/t20-/m1/s1. The first-order valence-corrected chi connectivity index (χ1v) is 10.7. The molecule has 1 N–H and O–H groups in total. The molecule has 3 heterocycles. The number of nitrogens with zero attached hydrogens (tertiary/aromatic N) is 3. The van der Waals surface area contributed by atoms with Crippen LogP contribution in [0.15, 0.2) is 4.99 Å². The van der Waals surface area contributed by atoms with Gasteiger partial charge in [0.1, 0.15) is 11.4 Å². The molecule has 2 fully saturated rings. The van der Waals surface area contributed by atoms with E-state index in [-0.39, 0.29) is 17.2 Å². The molecule has 1 spiro atoms. The number of piperidine rings is 2. The number of likely N-dealkylation sites (tertiary alicyclic amines) is 2. The summed E-state index contributed by atoms with van der Waals surface area (Å²) in [5, 5.41) is 3.00. The van der Waals surface area contributed by atoms with Crippen molar-refractivity contribution >= 4 is 17.6 Å². The smallest absolute Gasteiger partial charge is 0.253 e. The van der Waals surface area contributed by atoms with Gasteiger partial charge in [-0.15, -0.1) is 0 Å². The molecule has 2 amide bonds. The topological polar surface area (TPSA) is 65.0 Å². The second kappa shape index (κ2) is 7.90. The highest BCUT2D eigenvalue weighted by Crippen LogP contribution is 2.36. The van der Waals surface area contributed by atoms with Crippen molar-refractivity contribution in [3.63, 3.8) is 0 Å². The molecule has 3 rings (SSSR count). The molecule has 3 aliphatic heterocycles. The number of carbonyl (C=O) groups excluding carboxylic acids is 2. The highest BCUT2D eigenvalue weighted by molar-refractivity contribution is 6.08. The lowest BCUT2D eigenvalue weighted by atomic mass is 9.79. The van der Waals surface area contributed by atoms with Gasteiger partial charge in [0.15, 0.2) is 0 Å². The van der Waals surface area contributed by atoms with E-state index in [0.717, 1.165) is 51.2 Å².